The molecule has 0 bridgehead atoms. The normalized spacial score (nSPS) is 23.6. The molecule has 1 aliphatic rings. The van der Waals surface area contributed by atoms with E-state index in [1.54, 1.807) is 14.0 Å². The number of esters is 1. The molecule has 0 radical (unpaired) electrons. The van der Waals surface area contributed by atoms with Gasteiger partial charge in [-0.3, -0.25) is 14.5 Å². The van der Waals surface area contributed by atoms with Crippen molar-refractivity contribution < 1.29 is 14.3 Å². The zero-order valence-corrected chi connectivity index (χ0v) is 10.2. The average Bonchev–Trinajstić information content (AvgIpc) is 2.35. The number of carbonyl (C=O) groups excluding carboxylic acids is 2. The van der Waals surface area contributed by atoms with Crippen molar-refractivity contribution in [1.29, 1.82) is 0 Å². The summed E-state index contributed by atoms with van der Waals surface area (Å²) in [6.45, 7) is 2.56. The summed E-state index contributed by atoms with van der Waals surface area (Å²) >= 11 is 0. The van der Waals surface area contributed by atoms with Gasteiger partial charge in [-0.25, -0.2) is 0 Å². The van der Waals surface area contributed by atoms with Crippen LogP contribution in [-0.2, 0) is 14.3 Å². The van der Waals surface area contributed by atoms with Gasteiger partial charge in [-0.05, 0) is 26.3 Å². The Morgan fingerprint density at radius 1 is 1.44 bits per heavy atom. The van der Waals surface area contributed by atoms with E-state index < -0.39 is 0 Å². The summed E-state index contributed by atoms with van der Waals surface area (Å²) in [6, 6.07) is -0.555. The highest BCUT2D eigenvalue weighted by atomic mass is 16.5. The van der Waals surface area contributed by atoms with Crippen molar-refractivity contribution in [1.82, 2.24) is 10.2 Å². The predicted octanol–water partition coefficient (Wildman–Crippen LogP) is 0.148. The number of amides is 1. The van der Waals surface area contributed by atoms with E-state index in [9.17, 15) is 9.59 Å². The second-order valence-electron chi connectivity index (χ2n) is 4.06. The number of carbonyl (C=O) groups is 2. The van der Waals surface area contributed by atoms with Crippen molar-refractivity contribution >= 4 is 11.9 Å². The minimum Gasteiger partial charge on any atom is -0.468 e. The molecule has 0 aromatic heterocycles. The third-order valence-corrected chi connectivity index (χ3v) is 3.13. The number of likely N-dealkylation sites (tertiary alicyclic amines) is 1. The second-order valence-corrected chi connectivity index (χ2v) is 4.06. The lowest BCUT2D eigenvalue weighted by Gasteiger charge is -2.37. The first-order valence-corrected chi connectivity index (χ1v) is 5.67. The van der Waals surface area contributed by atoms with Crippen molar-refractivity contribution in [2.45, 2.75) is 38.3 Å². The predicted molar refractivity (Wildman–Crippen MR) is 59.9 cm³/mol. The highest BCUT2D eigenvalue weighted by molar-refractivity contribution is 5.83. The molecule has 2 unspecified atom stereocenters. The lowest BCUT2D eigenvalue weighted by atomic mass is 9.99. The molecule has 0 aliphatic carbocycles. The van der Waals surface area contributed by atoms with Gasteiger partial charge in [-0.1, -0.05) is 6.42 Å². The van der Waals surface area contributed by atoms with Crippen LogP contribution >= 0.6 is 0 Å². The quantitative estimate of drug-likeness (QED) is 0.698. The van der Waals surface area contributed by atoms with E-state index in [0.717, 1.165) is 25.8 Å². The van der Waals surface area contributed by atoms with Crippen molar-refractivity contribution in [3.8, 4) is 0 Å². The number of nitrogens with zero attached hydrogens (tertiary/aromatic N) is 1. The third-order valence-electron chi connectivity index (χ3n) is 3.13. The number of likely N-dealkylation sites (N-methyl/N-ethyl adjacent to an activating group) is 1. The Labute approximate surface area is 96.1 Å². The van der Waals surface area contributed by atoms with Gasteiger partial charge in [0.25, 0.3) is 0 Å². The number of piperidine rings is 1. The van der Waals surface area contributed by atoms with Gasteiger partial charge in [0.05, 0.1) is 13.2 Å². The van der Waals surface area contributed by atoms with Gasteiger partial charge < -0.3 is 10.1 Å². The Morgan fingerprint density at radius 3 is 2.69 bits per heavy atom. The van der Waals surface area contributed by atoms with Crippen LogP contribution in [0.5, 0.6) is 0 Å². The number of nitrogens with one attached hydrogen (secondary N) is 1. The largest absolute Gasteiger partial charge is 0.468 e. The molecule has 1 heterocycles. The average molecular weight is 228 g/mol. The van der Waals surface area contributed by atoms with Crippen molar-refractivity contribution in [2.24, 2.45) is 0 Å². The molecule has 1 amide bonds. The van der Waals surface area contributed by atoms with E-state index in [-0.39, 0.29) is 24.0 Å². The van der Waals surface area contributed by atoms with Crippen LogP contribution in [0.3, 0.4) is 0 Å². The molecule has 0 aromatic carbocycles. The van der Waals surface area contributed by atoms with Gasteiger partial charge in [0, 0.05) is 7.05 Å². The molecule has 1 rings (SSSR count). The molecule has 1 aliphatic heterocycles. The molecule has 5 nitrogen and oxygen atoms in total. The van der Waals surface area contributed by atoms with Gasteiger partial charge in [-0.2, -0.15) is 0 Å². The fourth-order valence-corrected chi connectivity index (χ4v) is 2.17. The summed E-state index contributed by atoms with van der Waals surface area (Å²) in [5.41, 5.74) is 0. The molecule has 5 heteroatoms. The lowest BCUT2D eigenvalue weighted by Crippen LogP contribution is -2.54. The maximum absolute atomic E-state index is 11.7. The van der Waals surface area contributed by atoms with Crippen LogP contribution in [0.2, 0.25) is 0 Å². The standard InChI is InChI=1S/C11H20N2O3/c1-8(11(15)16-3)13-7-5-4-6-9(13)10(14)12-2/h8-9H,4-7H2,1-3H3,(H,12,14). The summed E-state index contributed by atoms with van der Waals surface area (Å²) in [4.78, 5) is 25.1. The van der Waals surface area contributed by atoms with Gasteiger partial charge >= 0.3 is 5.97 Å². The number of methoxy groups -OCH3 is 1. The SMILES string of the molecule is CNC(=O)C1CCCCN1C(C)C(=O)OC. The fourth-order valence-electron chi connectivity index (χ4n) is 2.17. The molecule has 1 N–H and O–H groups in total. The molecule has 0 aromatic rings. The first-order chi connectivity index (χ1) is 7.61. The summed E-state index contributed by atoms with van der Waals surface area (Å²) in [6.07, 6.45) is 2.86. The molecule has 16 heavy (non-hydrogen) atoms. The monoisotopic (exact) mass is 228 g/mol. The van der Waals surface area contributed by atoms with Crippen LogP contribution < -0.4 is 5.32 Å². The Bertz CT molecular complexity index is 268. The maximum Gasteiger partial charge on any atom is 0.322 e. The number of rotatable bonds is 3. The van der Waals surface area contributed by atoms with Crippen molar-refractivity contribution in [3.63, 3.8) is 0 Å². The molecule has 2 atom stereocenters. The Kier molecular flexibility index (Phi) is 4.73. The molecule has 92 valence electrons. The van der Waals surface area contributed by atoms with Crippen LogP contribution in [0.15, 0.2) is 0 Å². The molecule has 1 fully saturated rings. The van der Waals surface area contributed by atoms with Gasteiger partial charge in [0.1, 0.15) is 6.04 Å². The van der Waals surface area contributed by atoms with Gasteiger partial charge in [0.2, 0.25) is 5.91 Å². The molecular formula is C11H20N2O3. The van der Waals surface area contributed by atoms with Crippen LogP contribution in [0.1, 0.15) is 26.2 Å². The molecule has 1 saturated heterocycles. The Hall–Kier alpha value is -1.10. The summed E-state index contributed by atoms with van der Waals surface area (Å²) in [7, 11) is 3.00. The smallest absolute Gasteiger partial charge is 0.322 e. The van der Waals surface area contributed by atoms with E-state index in [1.165, 1.54) is 7.11 Å². The van der Waals surface area contributed by atoms with Crippen molar-refractivity contribution in [2.75, 3.05) is 20.7 Å². The third kappa shape index (κ3) is 2.72. The van der Waals surface area contributed by atoms with Crippen LogP contribution in [-0.4, -0.2) is 49.6 Å². The van der Waals surface area contributed by atoms with E-state index in [0.29, 0.717) is 0 Å². The molecule has 0 saturated carbocycles. The zero-order valence-electron chi connectivity index (χ0n) is 10.2. The van der Waals surface area contributed by atoms with E-state index >= 15 is 0 Å². The summed E-state index contributed by atoms with van der Waals surface area (Å²) < 4.78 is 4.71. The van der Waals surface area contributed by atoms with Crippen LogP contribution in [0.4, 0.5) is 0 Å². The molecule has 0 spiro atoms. The minimum atomic E-state index is -0.354. The van der Waals surface area contributed by atoms with Crippen LogP contribution in [0.25, 0.3) is 0 Å². The van der Waals surface area contributed by atoms with E-state index in [1.807, 2.05) is 4.90 Å². The topological polar surface area (TPSA) is 58.6 Å². The number of hydrogen-bond acceptors (Lipinski definition) is 4. The zero-order chi connectivity index (χ0) is 12.1. The van der Waals surface area contributed by atoms with E-state index in [2.05, 4.69) is 5.32 Å². The summed E-state index contributed by atoms with van der Waals surface area (Å²) in [5, 5.41) is 2.64. The first kappa shape index (κ1) is 13.0. The summed E-state index contributed by atoms with van der Waals surface area (Å²) in [5.74, 6) is -0.300. The first-order valence-electron chi connectivity index (χ1n) is 5.67. The van der Waals surface area contributed by atoms with Crippen molar-refractivity contribution in [3.05, 3.63) is 0 Å². The minimum absolute atomic E-state index is 0.0181. The van der Waals surface area contributed by atoms with Crippen LogP contribution in [0, 0.1) is 0 Å². The maximum atomic E-state index is 11.7. The molecular weight excluding hydrogens is 208 g/mol. The Morgan fingerprint density at radius 2 is 2.12 bits per heavy atom. The number of hydrogen-bond donors (Lipinski definition) is 1. The van der Waals surface area contributed by atoms with Gasteiger partial charge in [-0.15, -0.1) is 0 Å². The highest BCUT2D eigenvalue weighted by Gasteiger charge is 2.34. The van der Waals surface area contributed by atoms with E-state index in [4.69, 9.17) is 4.74 Å². The highest BCUT2D eigenvalue weighted by Crippen LogP contribution is 2.20. The lowest BCUT2D eigenvalue weighted by molar-refractivity contribution is -0.149. The fraction of sp³-hybridized carbons (Fsp3) is 0.818. The van der Waals surface area contributed by atoms with Gasteiger partial charge in [0.15, 0.2) is 0 Å². The Balaban J connectivity index is 2.73. The second kappa shape index (κ2) is 5.84. The number of ether oxygens (including phenoxy) is 1.